The predicted molar refractivity (Wildman–Crippen MR) is 77.2 cm³/mol. The van der Waals surface area contributed by atoms with Crippen molar-refractivity contribution in [1.29, 1.82) is 0 Å². The average Bonchev–Trinajstić information content (AvgIpc) is 2.87. The van der Waals surface area contributed by atoms with Gasteiger partial charge >= 0.3 is 5.97 Å². The first kappa shape index (κ1) is 15.9. The number of rotatable bonds is 4. The van der Waals surface area contributed by atoms with Crippen LogP contribution < -0.4 is 5.73 Å². The summed E-state index contributed by atoms with van der Waals surface area (Å²) in [6.07, 6.45) is 0.748. The molecule has 3 N–H and O–H groups in total. The summed E-state index contributed by atoms with van der Waals surface area (Å²) < 4.78 is 26.5. The number of primary amides is 1. The molecule has 21 heavy (non-hydrogen) atoms. The lowest BCUT2D eigenvalue weighted by Crippen LogP contribution is -2.40. The topological polar surface area (TPSA) is 118 Å². The number of carbonyl (C=O) groups excluding carboxylic acids is 1. The van der Waals surface area contributed by atoms with Crippen LogP contribution >= 0.6 is 15.9 Å². The first-order valence-corrected chi connectivity index (χ1v) is 8.32. The summed E-state index contributed by atoms with van der Waals surface area (Å²) in [6.45, 7) is 0.137. The van der Waals surface area contributed by atoms with E-state index >= 15 is 0 Å². The predicted octanol–water partition coefficient (Wildman–Crippen LogP) is 0.786. The van der Waals surface area contributed by atoms with E-state index in [1.54, 1.807) is 0 Å². The van der Waals surface area contributed by atoms with Gasteiger partial charge < -0.3 is 10.8 Å². The van der Waals surface area contributed by atoms with Crippen LogP contribution in [0.1, 0.15) is 23.2 Å². The zero-order valence-corrected chi connectivity index (χ0v) is 13.2. The van der Waals surface area contributed by atoms with Crippen molar-refractivity contribution >= 4 is 37.8 Å². The van der Waals surface area contributed by atoms with Gasteiger partial charge in [0.15, 0.2) is 0 Å². The SMILES string of the molecule is NC(=O)c1cc(Br)cc(S(=O)(=O)N2CCC[C@H]2C(=O)O)c1. The maximum absolute atomic E-state index is 12.6. The van der Waals surface area contributed by atoms with E-state index in [4.69, 9.17) is 10.8 Å². The zero-order valence-electron chi connectivity index (χ0n) is 10.8. The molecule has 114 valence electrons. The maximum atomic E-state index is 12.6. The number of nitrogens with two attached hydrogens (primary N) is 1. The van der Waals surface area contributed by atoms with Crippen LogP contribution in [0.3, 0.4) is 0 Å². The van der Waals surface area contributed by atoms with Crippen LogP contribution in [0.2, 0.25) is 0 Å². The van der Waals surface area contributed by atoms with E-state index in [1.807, 2.05) is 0 Å². The molecule has 1 amide bonds. The molecule has 1 aliphatic rings. The Labute approximate surface area is 129 Å². The van der Waals surface area contributed by atoms with Gasteiger partial charge in [0.2, 0.25) is 15.9 Å². The van der Waals surface area contributed by atoms with Crippen molar-refractivity contribution in [2.45, 2.75) is 23.8 Å². The Kier molecular flexibility index (Phi) is 4.35. The molecule has 1 heterocycles. The third kappa shape index (κ3) is 3.09. The third-order valence-corrected chi connectivity index (χ3v) is 5.59. The molecule has 0 saturated carbocycles. The number of nitrogens with zero attached hydrogens (tertiary/aromatic N) is 1. The Morgan fingerprint density at radius 2 is 2.00 bits per heavy atom. The standard InChI is InChI=1S/C12H13BrN2O5S/c13-8-4-7(11(14)16)5-9(6-8)21(19,20)15-3-1-2-10(15)12(17)18/h4-6,10H,1-3H2,(H2,14,16)(H,17,18)/t10-/m0/s1. The number of aliphatic carboxylic acids is 1. The number of hydrogen-bond donors (Lipinski definition) is 2. The summed E-state index contributed by atoms with van der Waals surface area (Å²) in [5.41, 5.74) is 5.20. The van der Waals surface area contributed by atoms with Crippen LogP contribution in [0, 0.1) is 0 Å². The first-order chi connectivity index (χ1) is 9.73. The Balaban J connectivity index is 2.49. The molecule has 1 aliphatic heterocycles. The molecule has 1 saturated heterocycles. The van der Waals surface area contributed by atoms with Gasteiger partial charge in [-0.1, -0.05) is 15.9 Å². The molecule has 0 spiro atoms. The molecule has 0 unspecified atom stereocenters. The van der Waals surface area contributed by atoms with E-state index in [1.165, 1.54) is 12.1 Å². The number of hydrogen-bond acceptors (Lipinski definition) is 4. The molecular weight excluding hydrogens is 364 g/mol. The second-order valence-corrected chi connectivity index (χ2v) is 7.46. The highest BCUT2D eigenvalue weighted by molar-refractivity contribution is 9.10. The molecule has 1 aromatic rings. The minimum absolute atomic E-state index is 0.0361. The molecule has 0 radical (unpaired) electrons. The number of amides is 1. The lowest BCUT2D eigenvalue weighted by atomic mass is 10.2. The summed E-state index contributed by atoms with van der Waals surface area (Å²) >= 11 is 3.12. The highest BCUT2D eigenvalue weighted by Crippen LogP contribution is 2.28. The second-order valence-electron chi connectivity index (χ2n) is 4.65. The molecule has 9 heteroatoms. The van der Waals surface area contributed by atoms with Gasteiger partial charge in [0.1, 0.15) is 6.04 Å². The quantitative estimate of drug-likeness (QED) is 0.804. The number of benzene rings is 1. The molecule has 0 aromatic heterocycles. The molecular formula is C12H13BrN2O5S. The molecule has 2 rings (SSSR count). The Morgan fingerprint density at radius 3 is 2.57 bits per heavy atom. The van der Waals surface area contributed by atoms with E-state index < -0.39 is 27.9 Å². The van der Waals surface area contributed by atoms with Crippen LogP contribution in [-0.4, -0.2) is 42.3 Å². The van der Waals surface area contributed by atoms with Crippen molar-refractivity contribution in [3.8, 4) is 0 Å². The van der Waals surface area contributed by atoms with Crippen LogP contribution in [0.4, 0.5) is 0 Å². The van der Waals surface area contributed by atoms with Crippen LogP contribution in [0.15, 0.2) is 27.6 Å². The third-order valence-electron chi connectivity index (χ3n) is 3.25. The first-order valence-electron chi connectivity index (χ1n) is 6.08. The highest BCUT2D eigenvalue weighted by atomic mass is 79.9. The van der Waals surface area contributed by atoms with Gasteiger partial charge in [0.05, 0.1) is 4.90 Å². The summed E-state index contributed by atoms with van der Waals surface area (Å²) in [7, 11) is -4.00. The number of sulfonamides is 1. The van der Waals surface area contributed by atoms with Crippen molar-refractivity contribution in [2.24, 2.45) is 5.73 Å². The lowest BCUT2D eigenvalue weighted by Gasteiger charge is -2.21. The summed E-state index contributed by atoms with van der Waals surface area (Å²) in [4.78, 5) is 22.2. The van der Waals surface area contributed by atoms with E-state index in [9.17, 15) is 18.0 Å². The largest absolute Gasteiger partial charge is 0.480 e. The molecule has 0 aliphatic carbocycles. The van der Waals surface area contributed by atoms with Gasteiger partial charge in [-0.2, -0.15) is 4.31 Å². The molecule has 1 fully saturated rings. The van der Waals surface area contributed by atoms with Gasteiger partial charge in [-0.3, -0.25) is 9.59 Å². The highest BCUT2D eigenvalue weighted by Gasteiger charge is 2.39. The fourth-order valence-electron chi connectivity index (χ4n) is 2.26. The second kappa shape index (κ2) is 5.74. The Morgan fingerprint density at radius 1 is 1.33 bits per heavy atom. The van der Waals surface area contributed by atoms with Crippen molar-refractivity contribution in [3.05, 3.63) is 28.2 Å². The molecule has 1 aromatic carbocycles. The van der Waals surface area contributed by atoms with E-state index in [-0.39, 0.29) is 23.4 Å². The van der Waals surface area contributed by atoms with Crippen LogP contribution in [0.25, 0.3) is 0 Å². The zero-order chi connectivity index (χ0) is 15.8. The fourth-order valence-corrected chi connectivity index (χ4v) is 4.63. The van der Waals surface area contributed by atoms with E-state index in [0.717, 1.165) is 10.4 Å². The molecule has 7 nitrogen and oxygen atoms in total. The summed E-state index contributed by atoms with van der Waals surface area (Å²) in [5, 5.41) is 9.10. The van der Waals surface area contributed by atoms with Crippen molar-refractivity contribution in [3.63, 3.8) is 0 Å². The van der Waals surface area contributed by atoms with Gasteiger partial charge in [-0.15, -0.1) is 0 Å². The smallest absolute Gasteiger partial charge is 0.322 e. The van der Waals surface area contributed by atoms with Gasteiger partial charge in [-0.25, -0.2) is 8.42 Å². The van der Waals surface area contributed by atoms with Gasteiger partial charge in [-0.05, 0) is 31.0 Å². The lowest BCUT2D eigenvalue weighted by molar-refractivity contribution is -0.140. The van der Waals surface area contributed by atoms with E-state index in [2.05, 4.69) is 15.9 Å². The minimum Gasteiger partial charge on any atom is -0.480 e. The van der Waals surface area contributed by atoms with Gasteiger partial charge in [0, 0.05) is 16.6 Å². The molecule has 1 atom stereocenters. The fraction of sp³-hybridized carbons (Fsp3) is 0.333. The van der Waals surface area contributed by atoms with Crippen LogP contribution in [-0.2, 0) is 14.8 Å². The summed E-state index contributed by atoms with van der Waals surface area (Å²) in [6, 6.07) is 2.80. The Hall–Kier alpha value is -1.45. The number of carboxylic acid groups (broad SMARTS) is 1. The maximum Gasteiger partial charge on any atom is 0.322 e. The normalized spacial score (nSPS) is 19.6. The number of halogens is 1. The average molecular weight is 377 g/mol. The van der Waals surface area contributed by atoms with Gasteiger partial charge in [0.25, 0.3) is 0 Å². The van der Waals surface area contributed by atoms with Crippen molar-refractivity contribution < 1.29 is 23.1 Å². The van der Waals surface area contributed by atoms with Crippen molar-refractivity contribution in [2.75, 3.05) is 6.54 Å². The van der Waals surface area contributed by atoms with E-state index in [0.29, 0.717) is 10.9 Å². The Bertz CT molecular complexity index is 704. The molecule has 0 bridgehead atoms. The minimum atomic E-state index is -4.00. The van der Waals surface area contributed by atoms with Crippen LogP contribution in [0.5, 0.6) is 0 Å². The monoisotopic (exact) mass is 376 g/mol. The number of carbonyl (C=O) groups is 2. The van der Waals surface area contributed by atoms with Crippen molar-refractivity contribution in [1.82, 2.24) is 4.31 Å². The number of carboxylic acids is 1. The summed E-state index contributed by atoms with van der Waals surface area (Å²) in [5.74, 6) is -1.94.